The molecule has 21 heavy (non-hydrogen) atoms. The number of hydrogen-bond donors (Lipinski definition) is 0. The highest BCUT2D eigenvalue weighted by Crippen LogP contribution is 2.12. The van der Waals surface area contributed by atoms with E-state index < -0.39 is 0 Å². The Bertz CT molecular complexity index is 232. The molecular formula is C19H36O2. The normalized spacial score (nSPS) is 10.8. The van der Waals surface area contributed by atoms with E-state index in [1.807, 2.05) is 0 Å². The molecule has 0 spiro atoms. The van der Waals surface area contributed by atoms with Gasteiger partial charge in [-0.3, -0.25) is 9.59 Å². The first kappa shape index (κ1) is 20.3. The van der Waals surface area contributed by atoms with Gasteiger partial charge in [0.05, 0.1) is 0 Å². The van der Waals surface area contributed by atoms with Gasteiger partial charge in [-0.2, -0.15) is 0 Å². The summed E-state index contributed by atoms with van der Waals surface area (Å²) in [6.45, 7) is 4.13. The number of ketones is 2. The van der Waals surface area contributed by atoms with Gasteiger partial charge in [0.15, 0.2) is 0 Å². The van der Waals surface area contributed by atoms with Crippen LogP contribution in [0, 0.1) is 0 Å². The van der Waals surface area contributed by atoms with Gasteiger partial charge in [-0.15, -0.1) is 0 Å². The Morgan fingerprint density at radius 2 is 0.762 bits per heavy atom. The standard InChI is InChI=1S/C19H36O2/c1-3-14-18(20)16-12-10-8-6-5-7-9-11-13-17-19(21)15-4-2/h3-17H2,1-2H3. The van der Waals surface area contributed by atoms with Gasteiger partial charge < -0.3 is 0 Å². The quantitative estimate of drug-likeness (QED) is 0.326. The highest BCUT2D eigenvalue weighted by atomic mass is 16.1. The van der Waals surface area contributed by atoms with Crippen LogP contribution < -0.4 is 0 Å². The van der Waals surface area contributed by atoms with E-state index >= 15 is 0 Å². The minimum absolute atomic E-state index is 0.440. The number of carbonyl (C=O) groups is 2. The minimum atomic E-state index is 0.440. The second-order valence-corrected chi connectivity index (χ2v) is 6.26. The molecule has 0 heterocycles. The minimum Gasteiger partial charge on any atom is -0.300 e. The predicted octanol–water partition coefficient (Wildman–Crippen LogP) is 6.02. The molecule has 0 saturated carbocycles. The van der Waals surface area contributed by atoms with E-state index in [2.05, 4.69) is 13.8 Å². The van der Waals surface area contributed by atoms with Crippen LogP contribution >= 0.6 is 0 Å². The lowest BCUT2D eigenvalue weighted by atomic mass is 10.0. The van der Waals surface area contributed by atoms with Crippen molar-refractivity contribution in [3.8, 4) is 0 Å². The van der Waals surface area contributed by atoms with Crippen LogP contribution in [0.1, 0.15) is 110 Å². The van der Waals surface area contributed by atoms with Crippen LogP contribution in [0.3, 0.4) is 0 Å². The SMILES string of the molecule is CCCC(=O)CCCCCCCCCCCC(=O)CCC. The summed E-state index contributed by atoms with van der Waals surface area (Å²) in [4.78, 5) is 22.7. The summed E-state index contributed by atoms with van der Waals surface area (Å²) >= 11 is 0. The number of carbonyl (C=O) groups excluding carboxylic acids is 2. The Kier molecular flexibility index (Phi) is 15.2. The van der Waals surface area contributed by atoms with Crippen molar-refractivity contribution in [2.24, 2.45) is 0 Å². The molecule has 0 aliphatic carbocycles. The lowest BCUT2D eigenvalue weighted by Gasteiger charge is -2.03. The summed E-state index contributed by atoms with van der Waals surface area (Å²) in [6.07, 6.45) is 16.1. The number of unbranched alkanes of at least 4 members (excludes halogenated alkanes) is 8. The van der Waals surface area contributed by atoms with Gasteiger partial charge in [0.25, 0.3) is 0 Å². The van der Waals surface area contributed by atoms with Crippen molar-refractivity contribution in [3.05, 3.63) is 0 Å². The Hall–Kier alpha value is -0.660. The lowest BCUT2D eigenvalue weighted by molar-refractivity contribution is -0.120. The first-order chi connectivity index (χ1) is 10.2. The van der Waals surface area contributed by atoms with Gasteiger partial charge in [0.1, 0.15) is 11.6 Å². The van der Waals surface area contributed by atoms with Crippen molar-refractivity contribution in [1.82, 2.24) is 0 Å². The molecule has 0 saturated heterocycles. The van der Waals surface area contributed by atoms with Crippen molar-refractivity contribution in [2.75, 3.05) is 0 Å². The van der Waals surface area contributed by atoms with Crippen molar-refractivity contribution < 1.29 is 9.59 Å². The average molecular weight is 296 g/mol. The fourth-order valence-electron chi connectivity index (χ4n) is 2.69. The molecule has 2 nitrogen and oxygen atoms in total. The second kappa shape index (κ2) is 15.7. The van der Waals surface area contributed by atoms with E-state index in [-0.39, 0.29) is 0 Å². The van der Waals surface area contributed by atoms with Crippen LogP contribution in [-0.4, -0.2) is 11.6 Å². The molecule has 0 bridgehead atoms. The van der Waals surface area contributed by atoms with Gasteiger partial charge in [-0.25, -0.2) is 0 Å². The van der Waals surface area contributed by atoms with Gasteiger partial charge in [0.2, 0.25) is 0 Å². The molecule has 0 unspecified atom stereocenters. The first-order valence-electron chi connectivity index (χ1n) is 9.24. The van der Waals surface area contributed by atoms with E-state index in [0.717, 1.165) is 51.4 Å². The fourth-order valence-corrected chi connectivity index (χ4v) is 2.69. The van der Waals surface area contributed by atoms with Gasteiger partial charge in [-0.1, -0.05) is 58.8 Å². The molecule has 0 radical (unpaired) electrons. The topological polar surface area (TPSA) is 34.1 Å². The lowest BCUT2D eigenvalue weighted by Crippen LogP contribution is -1.96. The van der Waals surface area contributed by atoms with Crippen LogP contribution in [0.5, 0.6) is 0 Å². The van der Waals surface area contributed by atoms with E-state index in [9.17, 15) is 9.59 Å². The summed E-state index contributed by atoms with van der Waals surface area (Å²) in [5.74, 6) is 0.880. The summed E-state index contributed by atoms with van der Waals surface area (Å²) in [6, 6.07) is 0. The van der Waals surface area contributed by atoms with E-state index in [4.69, 9.17) is 0 Å². The summed E-state index contributed by atoms with van der Waals surface area (Å²) < 4.78 is 0. The molecule has 0 atom stereocenters. The maximum absolute atomic E-state index is 11.3. The van der Waals surface area contributed by atoms with Gasteiger partial charge in [0, 0.05) is 25.7 Å². The third-order valence-corrected chi connectivity index (χ3v) is 3.97. The third-order valence-electron chi connectivity index (χ3n) is 3.97. The smallest absolute Gasteiger partial charge is 0.132 e. The molecule has 0 aliphatic heterocycles. The van der Waals surface area contributed by atoms with Gasteiger partial charge >= 0.3 is 0 Å². The fraction of sp³-hybridized carbons (Fsp3) is 0.895. The zero-order valence-electron chi connectivity index (χ0n) is 14.4. The summed E-state index contributed by atoms with van der Waals surface area (Å²) in [7, 11) is 0. The van der Waals surface area contributed by atoms with Crippen LogP contribution in [-0.2, 0) is 9.59 Å². The molecule has 0 N–H and O–H groups in total. The Morgan fingerprint density at radius 1 is 0.476 bits per heavy atom. The van der Waals surface area contributed by atoms with E-state index in [1.165, 1.54) is 44.9 Å². The second-order valence-electron chi connectivity index (χ2n) is 6.26. The number of hydrogen-bond acceptors (Lipinski definition) is 2. The highest BCUT2D eigenvalue weighted by Gasteiger charge is 2.01. The van der Waals surface area contributed by atoms with Gasteiger partial charge in [-0.05, 0) is 25.7 Å². The molecule has 0 rings (SSSR count). The maximum Gasteiger partial charge on any atom is 0.132 e. The molecule has 0 aromatic rings. The average Bonchev–Trinajstić information content (AvgIpc) is 2.45. The van der Waals surface area contributed by atoms with Crippen molar-refractivity contribution in [1.29, 1.82) is 0 Å². The Labute approximate surface area is 132 Å². The van der Waals surface area contributed by atoms with Crippen LogP contribution in [0.2, 0.25) is 0 Å². The molecular weight excluding hydrogens is 260 g/mol. The summed E-state index contributed by atoms with van der Waals surface area (Å²) in [5, 5.41) is 0. The number of Topliss-reactive ketones (excluding diaryl/α,β-unsaturated/α-hetero) is 2. The van der Waals surface area contributed by atoms with Crippen molar-refractivity contribution in [3.63, 3.8) is 0 Å². The van der Waals surface area contributed by atoms with Crippen LogP contribution in [0.4, 0.5) is 0 Å². The molecule has 0 fully saturated rings. The highest BCUT2D eigenvalue weighted by molar-refractivity contribution is 5.78. The van der Waals surface area contributed by atoms with Crippen LogP contribution in [0.15, 0.2) is 0 Å². The zero-order valence-corrected chi connectivity index (χ0v) is 14.4. The van der Waals surface area contributed by atoms with Crippen molar-refractivity contribution in [2.45, 2.75) is 110 Å². The molecule has 0 aliphatic rings. The largest absolute Gasteiger partial charge is 0.300 e. The molecule has 2 heteroatoms. The Morgan fingerprint density at radius 3 is 1.05 bits per heavy atom. The van der Waals surface area contributed by atoms with Crippen LogP contribution in [0.25, 0.3) is 0 Å². The van der Waals surface area contributed by atoms with Crippen molar-refractivity contribution >= 4 is 11.6 Å². The number of rotatable bonds is 16. The maximum atomic E-state index is 11.3. The monoisotopic (exact) mass is 296 g/mol. The Balaban J connectivity index is 3.12. The third kappa shape index (κ3) is 15.5. The molecule has 0 aromatic carbocycles. The predicted molar refractivity (Wildman–Crippen MR) is 90.6 cm³/mol. The van der Waals surface area contributed by atoms with E-state index in [1.54, 1.807) is 0 Å². The summed E-state index contributed by atoms with van der Waals surface area (Å²) in [5.41, 5.74) is 0. The first-order valence-corrected chi connectivity index (χ1v) is 9.24. The molecule has 124 valence electrons. The zero-order chi connectivity index (χ0) is 15.8. The molecule has 0 amide bonds. The molecule has 0 aromatic heterocycles. The van der Waals surface area contributed by atoms with E-state index in [0.29, 0.717) is 11.6 Å².